The number of ether oxygens (including phenoxy) is 1. The standard InChI is InChI=1S/C13H22N2O6S/c1-2-22(19,20)15-6-3-4-10(8-15)11(16)14-13(12(17)18)5-7-21-9-13/h10H,2-9H2,1H3,(H,14,16)(H,17,18). The van der Waals surface area contributed by atoms with Crippen molar-refractivity contribution in [3.8, 4) is 0 Å². The number of carbonyl (C=O) groups excluding carboxylic acids is 1. The second-order valence-corrected chi connectivity index (χ2v) is 8.03. The number of nitrogens with one attached hydrogen (secondary N) is 1. The third kappa shape index (κ3) is 3.41. The lowest BCUT2D eigenvalue weighted by Crippen LogP contribution is -2.58. The van der Waals surface area contributed by atoms with Gasteiger partial charge >= 0.3 is 5.97 Å². The van der Waals surface area contributed by atoms with Crippen LogP contribution in [-0.4, -0.2) is 67.3 Å². The van der Waals surface area contributed by atoms with Gasteiger partial charge in [-0.3, -0.25) is 4.79 Å². The Labute approximate surface area is 129 Å². The van der Waals surface area contributed by atoms with Gasteiger partial charge in [0, 0.05) is 26.1 Å². The SMILES string of the molecule is CCS(=O)(=O)N1CCCC(C(=O)NC2(C(=O)O)CCOC2)C1. The maximum atomic E-state index is 12.4. The molecule has 8 nitrogen and oxygen atoms in total. The molecule has 0 aromatic rings. The van der Waals surface area contributed by atoms with Crippen molar-refractivity contribution in [1.82, 2.24) is 9.62 Å². The average molecular weight is 334 g/mol. The van der Waals surface area contributed by atoms with Crippen LogP contribution in [0.3, 0.4) is 0 Å². The Morgan fingerprint density at radius 3 is 2.73 bits per heavy atom. The van der Waals surface area contributed by atoms with E-state index in [0.29, 0.717) is 19.4 Å². The van der Waals surface area contributed by atoms with Crippen LogP contribution in [0.2, 0.25) is 0 Å². The van der Waals surface area contributed by atoms with Crippen molar-refractivity contribution in [2.24, 2.45) is 5.92 Å². The highest BCUT2D eigenvalue weighted by Crippen LogP contribution is 2.23. The number of carboxylic acid groups (broad SMARTS) is 1. The van der Waals surface area contributed by atoms with Crippen molar-refractivity contribution in [3.63, 3.8) is 0 Å². The van der Waals surface area contributed by atoms with Crippen LogP contribution in [0.1, 0.15) is 26.2 Å². The van der Waals surface area contributed by atoms with Crippen LogP contribution in [0, 0.1) is 5.92 Å². The smallest absolute Gasteiger partial charge is 0.331 e. The van der Waals surface area contributed by atoms with E-state index in [2.05, 4.69) is 5.32 Å². The van der Waals surface area contributed by atoms with Gasteiger partial charge in [0.1, 0.15) is 0 Å². The molecule has 2 saturated heterocycles. The van der Waals surface area contributed by atoms with Crippen LogP contribution in [0.5, 0.6) is 0 Å². The molecule has 2 rings (SSSR count). The summed E-state index contributed by atoms with van der Waals surface area (Å²) in [5.74, 6) is -2.06. The van der Waals surface area contributed by atoms with Gasteiger partial charge in [0.15, 0.2) is 5.54 Å². The summed E-state index contributed by atoms with van der Waals surface area (Å²) in [5, 5.41) is 11.9. The molecule has 126 valence electrons. The van der Waals surface area contributed by atoms with E-state index in [1.165, 1.54) is 4.31 Å². The summed E-state index contributed by atoms with van der Waals surface area (Å²) in [6, 6.07) is 0. The van der Waals surface area contributed by atoms with E-state index >= 15 is 0 Å². The maximum Gasteiger partial charge on any atom is 0.331 e. The van der Waals surface area contributed by atoms with E-state index < -0.39 is 33.4 Å². The van der Waals surface area contributed by atoms with Gasteiger partial charge in [-0.2, -0.15) is 0 Å². The van der Waals surface area contributed by atoms with Crippen LogP contribution < -0.4 is 5.32 Å². The second-order valence-electron chi connectivity index (χ2n) is 5.78. The molecule has 0 saturated carbocycles. The molecule has 2 N–H and O–H groups in total. The zero-order valence-electron chi connectivity index (χ0n) is 12.6. The molecule has 0 radical (unpaired) electrons. The first-order valence-electron chi connectivity index (χ1n) is 7.42. The van der Waals surface area contributed by atoms with E-state index in [0.717, 1.165) is 0 Å². The van der Waals surface area contributed by atoms with Crippen LogP contribution in [-0.2, 0) is 24.3 Å². The number of amides is 1. The Balaban J connectivity index is 2.05. The zero-order valence-corrected chi connectivity index (χ0v) is 13.4. The van der Waals surface area contributed by atoms with E-state index in [4.69, 9.17) is 4.74 Å². The molecule has 22 heavy (non-hydrogen) atoms. The number of aliphatic carboxylic acids is 1. The summed E-state index contributed by atoms with van der Waals surface area (Å²) in [4.78, 5) is 23.8. The third-order valence-electron chi connectivity index (χ3n) is 4.31. The summed E-state index contributed by atoms with van der Waals surface area (Å²) in [6.45, 7) is 2.31. The summed E-state index contributed by atoms with van der Waals surface area (Å²) in [7, 11) is -3.33. The lowest BCUT2D eigenvalue weighted by atomic mass is 9.94. The fraction of sp³-hybridized carbons (Fsp3) is 0.846. The first-order valence-corrected chi connectivity index (χ1v) is 9.02. The second kappa shape index (κ2) is 6.51. The Morgan fingerprint density at radius 1 is 1.45 bits per heavy atom. The molecule has 0 aliphatic carbocycles. The van der Waals surface area contributed by atoms with Crippen molar-refractivity contribution < 1.29 is 27.9 Å². The van der Waals surface area contributed by atoms with Gasteiger partial charge < -0.3 is 15.2 Å². The molecule has 2 heterocycles. The van der Waals surface area contributed by atoms with E-state index in [1.54, 1.807) is 6.92 Å². The minimum atomic E-state index is -3.33. The monoisotopic (exact) mass is 334 g/mol. The van der Waals surface area contributed by atoms with Gasteiger partial charge in [-0.15, -0.1) is 0 Å². The van der Waals surface area contributed by atoms with Crippen molar-refractivity contribution in [2.75, 3.05) is 32.1 Å². The number of sulfonamides is 1. The van der Waals surface area contributed by atoms with E-state index in [-0.39, 0.29) is 31.9 Å². The summed E-state index contributed by atoms with van der Waals surface area (Å²) in [6.07, 6.45) is 1.36. The lowest BCUT2D eigenvalue weighted by Gasteiger charge is -2.33. The highest BCUT2D eigenvalue weighted by molar-refractivity contribution is 7.89. The number of rotatable bonds is 5. The Morgan fingerprint density at radius 2 is 2.18 bits per heavy atom. The van der Waals surface area contributed by atoms with Gasteiger partial charge in [-0.25, -0.2) is 17.5 Å². The molecule has 0 aromatic carbocycles. The van der Waals surface area contributed by atoms with Gasteiger partial charge in [0.2, 0.25) is 15.9 Å². The van der Waals surface area contributed by atoms with E-state index in [9.17, 15) is 23.1 Å². The van der Waals surface area contributed by atoms with Crippen molar-refractivity contribution in [3.05, 3.63) is 0 Å². The molecule has 1 amide bonds. The molecule has 0 spiro atoms. The first-order chi connectivity index (χ1) is 10.3. The Hall–Kier alpha value is -1.19. The minimum absolute atomic E-state index is 0.00571. The molecular weight excluding hydrogens is 312 g/mol. The molecule has 2 aliphatic rings. The maximum absolute atomic E-state index is 12.4. The zero-order chi connectivity index (χ0) is 16.4. The molecular formula is C13H22N2O6S. The molecule has 2 atom stereocenters. The molecule has 0 aromatic heterocycles. The lowest BCUT2D eigenvalue weighted by molar-refractivity contribution is -0.148. The Bertz CT molecular complexity index is 541. The van der Waals surface area contributed by atoms with Gasteiger partial charge in [-0.05, 0) is 19.8 Å². The highest BCUT2D eigenvalue weighted by Gasteiger charge is 2.45. The molecule has 0 bridgehead atoms. The predicted octanol–water partition coefficient (Wildman–Crippen LogP) is -0.592. The van der Waals surface area contributed by atoms with Crippen molar-refractivity contribution in [2.45, 2.75) is 31.7 Å². The summed E-state index contributed by atoms with van der Waals surface area (Å²) in [5.41, 5.74) is -1.39. The largest absolute Gasteiger partial charge is 0.479 e. The minimum Gasteiger partial charge on any atom is -0.479 e. The van der Waals surface area contributed by atoms with Crippen molar-refractivity contribution >= 4 is 21.9 Å². The molecule has 9 heteroatoms. The van der Waals surface area contributed by atoms with Crippen LogP contribution in [0.4, 0.5) is 0 Å². The van der Waals surface area contributed by atoms with Gasteiger partial charge in [-0.1, -0.05) is 0 Å². The Kier molecular flexibility index (Phi) is 5.08. The number of nitrogens with zero attached hydrogens (tertiary/aromatic N) is 1. The van der Waals surface area contributed by atoms with E-state index in [1.807, 2.05) is 0 Å². The van der Waals surface area contributed by atoms with Gasteiger partial charge in [0.05, 0.1) is 18.3 Å². The number of carbonyl (C=O) groups is 2. The molecule has 2 fully saturated rings. The quantitative estimate of drug-likeness (QED) is 0.695. The summed E-state index contributed by atoms with van der Waals surface area (Å²) >= 11 is 0. The summed E-state index contributed by atoms with van der Waals surface area (Å²) < 4.78 is 30.3. The number of carboxylic acids is 1. The first kappa shape index (κ1) is 17.2. The average Bonchev–Trinajstić information content (AvgIpc) is 2.97. The van der Waals surface area contributed by atoms with Crippen LogP contribution in [0.15, 0.2) is 0 Å². The predicted molar refractivity (Wildman–Crippen MR) is 77.7 cm³/mol. The number of hydrogen-bond acceptors (Lipinski definition) is 5. The topological polar surface area (TPSA) is 113 Å². The number of piperidine rings is 1. The number of hydrogen-bond donors (Lipinski definition) is 2. The van der Waals surface area contributed by atoms with Gasteiger partial charge in [0.25, 0.3) is 0 Å². The van der Waals surface area contributed by atoms with Crippen molar-refractivity contribution in [1.29, 1.82) is 0 Å². The highest BCUT2D eigenvalue weighted by atomic mass is 32.2. The molecule has 2 aliphatic heterocycles. The normalized spacial score (nSPS) is 30.1. The fourth-order valence-corrected chi connectivity index (χ4v) is 3.99. The van der Waals surface area contributed by atoms with Crippen LogP contribution >= 0.6 is 0 Å². The van der Waals surface area contributed by atoms with Crippen LogP contribution in [0.25, 0.3) is 0 Å². The third-order valence-corrected chi connectivity index (χ3v) is 6.15. The molecule has 2 unspecified atom stereocenters. The fourth-order valence-electron chi connectivity index (χ4n) is 2.82.